The molecule has 122 valence electrons. The van der Waals surface area contributed by atoms with Gasteiger partial charge in [-0.3, -0.25) is 9.48 Å². The van der Waals surface area contributed by atoms with E-state index in [1.807, 2.05) is 0 Å². The summed E-state index contributed by atoms with van der Waals surface area (Å²) in [7, 11) is 3.29. The van der Waals surface area contributed by atoms with Gasteiger partial charge in [0.25, 0.3) is 5.91 Å². The van der Waals surface area contributed by atoms with Gasteiger partial charge in [0.2, 0.25) is 5.88 Å². The van der Waals surface area contributed by atoms with Gasteiger partial charge in [-0.1, -0.05) is 29.8 Å². The maximum absolute atomic E-state index is 12.8. The van der Waals surface area contributed by atoms with Crippen LogP contribution < -0.4 is 4.74 Å². The van der Waals surface area contributed by atoms with Gasteiger partial charge < -0.3 is 14.4 Å². The van der Waals surface area contributed by atoms with Crippen molar-refractivity contribution in [1.29, 1.82) is 0 Å². The smallest absolute Gasteiger partial charge is 0.261 e. The fraction of sp³-hybridized carbons (Fsp3) is 0.412. The van der Waals surface area contributed by atoms with Gasteiger partial charge in [-0.15, -0.1) is 5.10 Å². The van der Waals surface area contributed by atoms with Crippen molar-refractivity contribution in [3.05, 3.63) is 47.2 Å². The molecule has 1 fully saturated rings. The van der Waals surface area contributed by atoms with Crippen molar-refractivity contribution in [2.45, 2.75) is 13.0 Å². The molecule has 1 aliphatic rings. The number of morpholine rings is 1. The van der Waals surface area contributed by atoms with Crippen molar-refractivity contribution in [3.8, 4) is 5.88 Å². The summed E-state index contributed by atoms with van der Waals surface area (Å²) in [5.41, 5.74) is 2.78. The summed E-state index contributed by atoms with van der Waals surface area (Å²) in [6.45, 7) is 3.67. The lowest BCUT2D eigenvalue weighted by molar-refractivity contribution is -0.0229. The fourth-order valence-electron chi connectivity index (χ4n) is 2.75. The molecule has 23 heavy (non-hydrogen) atoms. The zero-order chi connectivity index (χ0) is 16.4. The highest BCUT2D eigenvalue weighted by molar-refractivity contribution is 5.96. The molecule has 1 aliphatic heterocycles. The van der Waals surface area contributed by atoms with Crippen LogP contribution in [0.5, 0.6) is 5.88 Å². The Bertz CT molecular complexity index is 694. The second kappa shape index (κ2) is 6.42. The Morgan fingerprint density at radius 1 is 1.35 bits per heavy atom. The quantitative estimate of drug-likeness (QED) is 0.869. The minimum absolute atomic E-state index is 0.0737. The predicted octanol–water partition coefficient (Wildman–Crippen LogP) is 1.95. The van der Waals surface area contributed by atoms with Crippen LogP contribution in [0.1, 0.15) is 27.6 Å². The molecule has 0 radical (unpaired) electrons. The van der Waals surface area contributed by atoms with E-state index in [9.17, 15) is 4.79 Å². The van der Waals surface area contributed by atoms with E-state index in [1.54, 1.807) is 22.8 Å². The maximum Gasteiger partial charge on any atom is 0.261 e. The van der Waals surface area contributed by atoms with E-state index in [2.05, 4.69) is 36.3 Å². The van der Waals surface area contributed by atoms with E-state index in [0.717, 1.165) is 5.56 Å². The van der Waals surface area contributed by atoms with E-state index in [-0.39, 0.29) is 12.0 Å². The first kappa shape index (κ1) is 15.6. The maximum atomic E-state index is 12.8. The molecule has 0 N–H and O–H groups in total. The third-order valence-electron chi connectivity index (χ3n) is 4.02. The number of methoxy groups -OCH3 is 1. The number of benzene rings is 1. The van der Waals surface area contributed by atoms with Crippen LogP contribution in [0.4, 0.5) is 0 Å². The fourth-order valence-corrected chi connectivity index (χ4v) is 2.75. The molecule has 1 aromatic heterocycles. The lowest BCUT2D eigenvalue weighted by Gasteiger charge is -2.33. The number of carbonyl (C=O) groups excluding carboxylic acids is 1. The van der Waals surface area contributed by atoms with Crippen molar-refractivity contribution in [2.24, 2.45) is 7.05 Å². The largest absolute Gasteiger partial charge is 0.479 e. The van der Waals surface area contributed by atoms with Gasteiger partial charge in [0, 0.05) is 19.8 Å². The lowest BCUT2D eigenvalue weighted by Crippen LogP contribution is -2.42. The van der Waals surface area contributed by atoms with Crippen molar-refractivity contribution in [1.82, 2.24) is 14.7 Å². The Kier molecular flexibility index (Phi) is 4.34. The molecule has 6 heteroatoms. The number of ether oxygens (including phenoxy) is 2. The summed E-state index contributed by atoms with van der Waals surface area (Å²) in [5, 5.41) is 4.15. The van der Waals surface area contributed by atoms with Crippen molar-refractivity contribution in [2.75, 3.05) is 26.8 Å². The first-order valence-corrected chi connectivity index (χ1v) is 7.63. The molecule has 0 bridgehead atoms. The highest BCUT2D eigenvalue weighted by Crippen LogP contribution is 2.25. The number of nitrogens with zero attached hydrogens (tertiary/aromatic N) is 3. The number of rotatable bonds is 3. The molecule has 0 aliphatic carbocycles. The van der Waals surface area contributed by atoms with Gasteiger partial charge in [0.05, 0.1) is 20.3 Å². The lowest BCUT2D eigenvalue weighted by atomic mass is 10.1. The molecule has 3 rings (SSSR count). The molecule has 2 aromatic rings. The van der Waals surface area contributed by atoms with Gasteiger partial charge in [0.15, 0.2) is 0 Å². The average Bonchev–Trinajstić information content (AvgIpc) is 2.96. The normalized spacial score (nSPS) is 18.0. The third kappa shape index (κ3) is 3.22. The number of carbonyl (C=O) groups is 1. The molecule has 1 aromatic carbocycles. The Hall–Kier alpha value is -2.34. The first-order chi connectivity index (χ1) is 11.1. The van der Waals surface area contributed by atoms with Gasteiger partial charge in [-0.25, -0.2) is 0 Å². The molecule has 1 unspecified atom stereocenters. The summed E-state index contributed by atoms with van der Waals surface area (Å²) in [6.07, 6.45) is 1.59. The third-order valence-corrected chi connectivity index (χ3v) is 4.02. The molecular formula is C17H21N3O3. The monoisotopic (exact) mass is 315 g/mol. The Morgan fingerprint density at radius 3 is 2.78 bits per heavy atom. The number of amides is 1. The van der Waals surface area contributed by atoms with Gasteiger partial charge >= 0.3 is 0 Å². The van der Waals surface area contributed by atoms with E-state index in [4.69, 9.17) is 9.47 Å². The van der Waals surface area contributed by atoms with Gasteiger partial charge in [-0.2, -0.15) is 0 Å². The molecule has 6 nitrogen and oxygen atoms in total. The van der Waals surface area contributed by atoms with Crippen LogP contribution in [-0.4, -0.2) is 47.4 Å². The van der Waals surface area contributed by atoms with E-state index < -0.39 is 0 Å². The second-order valence-corrected chi connectivity index (χ2v) is 5.75. The first-order valence-electron chi connectivity index (χ1n) is 7.63. The second-order valence-electron chi connectivity index (χ2n) is 5.75. The summed E-state index contributed by atoms with van der Waals surface area (Å²) in [5.74, 6) is 0.284. The summed E-state index contributed by atoms with van der Waals surface area (Å²) in [6, 6.07) is 8.23. The molecule has 0 spiro atoms. The molecule has 0 saturated carbocycles. The summed E-state index contributed by atoms with van der Waals surface area (Å²) >= 11 is 0. The predicted molar refractivity (Wildman–Crippen MR) is 85.5 cm³/mol. The average molecular weight is 315 g/mol. The number of hydrogen-bond acceptors (Lipinski definition) is 4. The summed E-state index contributed by atoms with van der Waals surface area (Å²) < 4.78 is 12.6. The van der Waals surface area contributed by atoms with Crippen LogP contribution in [0.2, 0.25) is 0 Å². The van der Waals surface area contributed by atoms with Crippen LogP contribution in [0, 0.1) is 6.92 Å². The van der Waals surface area contributed by atoms with Crippen molar-refractivity contribution in [3.63, 3.8) is 0 Å². The molecular weight excluding hydrogens is 294 g/mol. The number of aryl methyl sites for hydroxylation is 2. The van der Waals surface area contributed by atoms with Crippen LogP contribution in [0.3, 0.4) is 0 Å². The van der Waals surface area contributed by atoms with E-state index >= 15 is 0 Å². The standard InChI is InChI=1S/C17H21N3O3/c1-12-4-6-13(7-5-12)15-11-20(8-9-23-15)17(21)14-10-19(2)18-16(14)22-3/h4-7,10,15H,8-9,11H2,1-3H3. The Morgan fingerprint density at radius 2 is 2.09 bits per heavy atom. The van der Waals surface area contributed by atoms with Gasteiger partial charge in [0.1, 0.15) is 11.7 Å². The SMILES string of the molecule is COc1nn(C)cc1C(=O)N1CCOC(c2ccc(C)cc2)C1. The Balaban J connectivity index is 1.77. The summed E-state index contributed by atoms with van der Waals surface area (Å²) in [4.78, 5) is 14.6. The highest BCUT2D eigenvalue weighted by atomic mass is 16.5. The van der Waals surface area contributed by atoms with E-state index in [0.29, 0.717) is 31.1 Å². The number of aromatic nitrogens is 2. The minimum Gasteiger partial charge on any atom is -0.479 e. The van der Waals surface area contributed by atoms with Gasteiger partial charge in [-0.05, 0) is 12.5 Å². The van der Waals surface area contributed by atoms with Crippen LogP contribution >= 0.6 is 0 Å². The number of hydrogen-bond donors (Lipinski definition) is 0. The van der Waals surface area contributed by atoms with Crippen molar-refractivity contribution < 1.29 is 14.3 Å². The molecule has 1 saturated heterocycles. The van der Waals surface area contributed by atoms with Crippen LogP contribution in [-0.2, 0) is 11.8 Å². The van der Waals surface area contributed by atoms with E-state index in [1.165, 1.54) is 12.7 Å². The van der Waals surface area contributed by atoms with Crippen LogP contribution in [0.15, 0.2) is 30.5 Å². The Labute approximate surface area is 135 Å². The molecule has 2 heterocycles. The molecule has 1 amide bonds. The highest BCUT2D eigenvalue weighted by Gasteiger charge is 2.28. The zero-order valence-corrected chi connectivity index (χ0v) is 13.7. The topological polar surface area (TPSA) is 56.6 Å². The zero-order valence-electron chi connectivity index (χ0n) is 13.7. The van der Waals surface area contributed by atoms with Crippen molar-refractivity contribution >= 4 is 5.91 Å². The minimum atomic E-state index is -0.101. The molecule has 1 atom stereocenters. The van der Waals surface area contributed by atoms with Crippen LogP contribution in [0.25, 0.3) is 0 Å².